The van der Waals surface area contributed by atoms with Crippen LogP contribution in [0.1, 0.15) is 85.0 Å². The van der Waals surface area contributed by atoms with Crippen molar-refractivity contribution in [3.05, 3.63) is 155 Å². The molecule has 0 bridgehead atoms. The normalized spacial score (nSPS) is 17.0. The van der Waals surface area contributed by atoms with Crippen LogP contribution in [0.2, 0.25) is 0 Å². The fraction of sp³-hybridized carbons (Fsp3) is 0.464. The van der Waals surface area contributed by atoms with Crippen LogP contribution in [0.3, 0.4) is 0 Å². The zero-order chi connectivity index (χ0) is 47.7. The van der Waals surface area contributed by atoms with E-state index in [1.54, 1.807) is 0 Å². The first-order chi connectivity index (χ1) is 34.7. The van der Waals surface area contributed by atoms with Crippen molar-refractivity contribution in [1.29, 1.82) is 0 Å². The van der Waals surface area contributed by atoms with Gasteiger partial charge in [-0.2, -0.15) is 0 Å². The molecule has 70 heavy (non-hydrogen) atoms. The summed E-state index contributed by atoms with van der Waals surface area (Å²) in [5.74, 6) is 1.56. The van der Waals surface area contributed by atoms with Gasteiger partial charge < -0.3 is 40.5 Å². The van der Waals surface area contributed by atoms with Gasteiger partial charge in [0.05, 0.1) is 12.4 Å². The van der Waals surface area contributed by atoms with Crippen molar-refractivity contribution in [2.75, 3.05) is 91.6 Å². The number of ether oxygens (including phenoxy) is 2. The predicted molar refractivity (Wildman–Crippen MR) is 281 cm³/mol. The van der Waals surface area contributed by atoms with Crippen LogP contribution in [0.5, 0.6) is 11.5 Å². The van der Waals surface area contributed by atoms with Gasteiger partial charge in [0, 0.05) is 13.1 Å². The van der Waals surface area contributed by atoms with Crippen LogP contribution in [-0.2, 0) is 26.3 Å². The smallest absolute Gasteiger partial charge is 0.134 e. The third-order valence-electron chi connectivity index (χ3n) is 13.1. The predicted octanol–water partition coefficient (Wildman–Crippen LogP) is 7.15. The van der Waals surface area contributed by atoms with Crippen molar-refractivity contribution in [2.24, 2.45) is 0 Å². The van der Waals surface area contributed by atoms with Crippen molar-refractivity contribution in [3.8, 4) is 11.5 Å². The number of hydrogen-bond acceptors (Lipinski definition) is 12. The number of rotatable bonds is 18. The molecule has 2 saturated heterocycles. The van der Waals surface area contributed by atoms with E-state index in [1.807, 2.05) is 21.8 Å². The second-order valence-corrected chi connectivity index (χ2v) is 18.6. The lowest BCUT2D eigenvalue weighted by molar-refractivity contribution is 0.253. The van der Waals surface area contributed by atoms with E-state index in [0.717, 1.165) is 174 Å². The van der Waals surface area contributed by atoms with Gasteiger partial charge in [-0.3, -0.25) is 9.36 Å². The minimum atomic E-state index is 0.352. The molecule has 4 aromatic carbocycles. The molecule has 6 aromatic rings. The van der Waals surface area contributed by atoms with Crippen LogP contribution in [0.15, 0.2) is 122 Å². The monoisotopic (exact) mass is 949 g/mol. The molecule has 372 valence electrons. The third kappa shape index (κ3) is 16.7. The van der Waals surface area contributed by atoms with Crippen LogP contribution in [0, 0.1) is 0 Å². The number of hydrogen-bond donors (Lipinski definition) is 4. The summed E-state index contributed by atoms with van der Waals surface area (Å²) in [5.41, 5.74) is 8.32. The molecule has 2 aliphatic heterocycles. The van der Waals surface area contributed by atoms with E-state index in [2.05, 4.69) is 161 Å². The molecule has 0 aliphatic carbocycles. The summed E-state index contributed by atoms with van der Waals surface area (Å²) in [7, 11) is 0. The topological polar surface area (TPSA) is 134 Å². The largest absolute Gasteiger partial charge is 0.487 e. The van der Waals surface area contributed by atoms with E-state index < -0.39 is 0 Å². The highest BCUT2D eigenvalue weighted by atomic mass is 16.5. The Balaban J connectivity index is 0.877. The zero-order valence-corrected chi connectivity index (χ0v) is 41.3. The van der Waals surface area contributed by atoms with Crippen molar-refractivity contribution in [2.45, 2.75) is 77.7 Å². The molecule has 4 heterocycles. The third-order valence-corrected chi connectivity index (χ3v) is 13.1. The average Bonchev–Trinajstić information content (AvgIpc) is 4.06. The number of nitrogens with zero attached hydrogens (tertiary/aromatic N) is 8. The Morgan fingerprint density at radius 2 is 0.743 bits per heavy atom. The minimum Gasteiger partial charge on any atom is -0.487 e. The fourth-order valence-electron chi connectivity index (χ4n) is 9.37. The first-order valence-electron chi connectivity index (χ1n) is 26.1. The first kappa shape index (κ1) is 50.6. The Labute approximate surface area is 416 Å². The van der Waals surface area contributed by atoms with Gasteiger partial charge in [0.15, 0.2) is 0 Å². The molecular formula is C56H76N12O2. The molecule has 14 nitrogen and oxygen atoms in total. The molecule has 0 amide bonds. The van der Waals surface area contributed by atoms with Crippen LogP contribution < -0.4 is 30.7 Å². The highest BCUT2D eigenvalue weighted by Gasteiger charge is 2.17. The second kappa shape index (κ2) is 28.8. The summed E-state index contributed by atoms with van der Waals surface area (Å²) in [5, 5.41) is 32.0. The lowest BCUT2D eigenvalue weighted by Crippen LogP contribution is -2.33. The molecule has 14 heteroatoms. The highest BCUT2D eigenvalue weighted by Crippen LogP contribution is 2.38. The fourth-order valence-corrected chi connectivity index (χ4v) is 9.37. The summed E-state index contributed by atoms with van der Waals surface area (Å²) >= 11 is 0. The molecule has 8 rings (SSSR count). The average molecular weight is 949 g/mol. The molecule has 2 aromatic heterocycles. The molecule has 0 radical (unpaired) electrons. The van der Waals surface area contributed by atoms with E-state index in [9.17, 15) is 0 Å². The summed E-state index contributed by atoms with van der Waals surface area (Å²) in [6.07, 6.45) is 13.2. The molecule has 0 spiro atoms. The Hall–Kier alpha value is -5.74. The van der Waals surface area contributed by atoms with E-state index in [-0.39, 0.29) is 0 Å². The first-order valence-corrected chi connectivity index (χ1v) is 26.1. The van der Waals surface area contributed by atoms with Gasteiger partial charge in [-0.15, -0.1) is 10.2 Å². The van der Waals surface area contributed by atoms with Crippen LogP contribution >= 0.6 is 0 Å². The van der Waals surface area contributed by atoms with Gasteiger partial charge in [-0.1, -0.05) is 95.4 Å². The number of aromatic nitrogens is 6. The van der Waals surface area contributed by atoms with Gasteiger partial charge in [0.1, 0.15) is 36.1 Å². The highest BCUT2D eigenvalue weighted by molar-refractivity contribution is 6.04. The number of nitrogens with one attached hydrogen (secondary N) is 4. The van der Waals surface area contributed by atoms with Gasteiger partial charge in [-0.25, -0.2) is 0 Å². The zero-order valence-electron chi connectivity index (χ0n) is 41.3. The van der Waals surface area contributed by atoms with Gasteiger partial charge in [-0.05, 0) is 201 Å². The van der Waals surface area contributed by atoms with Crippen molar-refractivity contribution >= 4 is 11.1 Å². The molecule has 2 fully saturated rings. The van der Waals surface area contributed by atoms with Crippen LogP contribution in [0.4, 0.5) is 0 Å². The Kier molecular flexibility index (Phi) is 20.8. The quantitative estimate of drug-likeness (QED) is 0.0653. The Morgan fingerprint density at radius 1 is 0.400 bits per heavy atom. The van der Waals surface area contributed by atoms with E-state index in [0.29, 0.717) is 13.2 Å². The van der Waals surface area contributed by atoms with Gasteiger partial charge in [0.25, 0.3) is 0 Å². The molecular weight excluding hydrogens is 873 g/mol. The lowest BCUT2D eigenvalue weighted by atomic mass is 9.86. The van der Waals surface area contributed by atoms with Crippen LogP contribution in [0.25, 0.3) is 11.1 Å². The maximum atomic E-state index is 6.29. The van der Waals surface area contributed by atoms with E-state index in [4.69, 9.17) is 9.47 Å². The molecule has 0 atom stereocenters. The molecule has 0 unspecified atom stereocenters. The summed E-state index contributed by atoms with van der Waals surface area (Å²) in [6, 6.07) is 38.1. The SMILES string of the molecule is c1ccc(/C(=C(/c2ccccc2)c2ccc(OCc3cn(CCCN4CCCNCCCNCCC4)nn3)cc2)c2ccc(OCc3cn(CCCN4CCCNCCCNCCC4)nn3)cc2)cc1. The Bertz CT molecular complexity index is 2200. The standard InChI is InChI=1S/C56H76N12O2/c1-3-15-47(16-4-1)55(49-19-23-53(24-20-49)69-45-51-43-67(63-61-51)41-13-39-65-35-9-31-57-27-7-28-58-32-10-36-65)56(48-17-5-2-6-18-48)50-21-25-54(26-22-50)70-46-52-44-68(64-62-52)42-14-40-66-37-11-33-59-29-8-30-60-34-12-38-66/h1-6,15-26,43-44,57-60H,7-14,27-42,45-46H2/b56-55+. The maximum absolute atomic E-state index is 6.29. The van der Waals surface area contributed by atoms with Crippen molar-refractivity contribution in [3.63, 3.8) is 0 Å². The maximum Gasteiger partial charge on any atom is 0.134 e. The van der Waals surface area contributed by atoms with Crippen molar-refractivity contribution < 1.29 is 9.47 Å². The minimum absolute atomic E-state index is 0.352. The summed E-state index contributed by atoms with van der Waals surface area (Å²) in [4.78, 5) is 5.19. The van der Waals surface area contributed by atoms with Crippen molar-refractivity contribution in [1.82, 2.24) is 61.1 Å². The van der Waals surface area contributed by atoms with Crippen LogP contribution in [-0.4, -0.2) is 131 Å². The Morgan fingerprint density at radius 3 is 1.11 bits per heavy atom. The van der Waals surface area contributed by atoms with E-state index >= 15 is 0 Å². The summed E-state index contributed by atoms with van der Waals surface area (Å²) in [6.45, 7) is 17.7. The van der Waals surface area contributed by atoms with Gasteiger partial charge >= 0.3 is 0 Å². The van der Waals surface area contributed by atoms with E-state index in [1.165, 1.54) is 38.5 Å². The molecule has 0 saturated carbocycles. The number of benzene rings is 4. The lowest BCUT2D eigenvalue weighted by Gasteiger charge is -2.23. The number of aryl methyl sites for hydroxylation is 2. The second-order valence-electron chi connectivity index (χ2n) is 18.6. The molecule has 2 aliphatic rings. The molecule has 4 N–H and O–H groups in total. The van der Waals surface area contributed by atoms with Gasteiger partial charge in [0.2, 0.25) is 0 Å². The summed E-state index contributed by atoms with van der Waals surface area (Å²) < 4.78 is 16.5.